The summed E-state index contributed by atoms with van der Waals surface area (Å²) in [4.78, 5) is 11.1. The highest BCUT2D eigenvalue weighted by atomic mass is 127. The molecule has 0 saturated heterocycles. The second-order valence-corrected chi connectivity index (χ2v) is 3.88. The minimum Gasteiger partial charge on any atom is -0.464 e. The van der Waals surface area contributed by atoms with E-state index < -0.39 is 0 Å². The average molecular weight is 338 g/mol. The van der Waals surface area contributed by atoms with Gasteiger partial charge in [0.2, 0.25) is 0 Å². The predicted molar refractivity (Wildman–Crippen MR) is 72.3 cm³/mol. The smallest absolute Gasteiger partial charge is 0.332 e. The van der Waals surface area contributed by atoms with Crippen molar-refractivity contribution in [1.82, 2.24) is 0 Å². The molecule has 0 aromatic rings. The van der Waals surface area contributed by atoms with Gasteiger partial charge in [0.25, 0.3) is 0 Å². The van der Waals surface area contributed by atoms with E-state index in [-0.39, 0.29) is 18.7 Å². The number of halogens is 1. The van der Waals surface area contributed by atoms with Crippen LogP contribution in [0.1, 0.15) is 39.5 Å². The van der Waals surface area contributed by atoms with Crippen LogP contribution in [-0.4, -0.2) is 25.3 Å². The lowest BCUT2D eigenvalue weighted by Gasteiger charge is -2.11. The van der Waals surface area contributed by atoms with Crippen LogP contribution in [0.25, 0.3) is 0 Å². The molecule has 0 heterocycles. The highest BCUT2D eigenvalue weighted by Gasteiger charge is 2.09. The normalized spacial score (nSPS) is 11.4. The minimum atomic E-state index is -0.321. The zero-order valence-electron chi connectivity index (χ0n) is 9.92. The lowest BCUT2D eigenvalue weighted by Crippen LogP contribution is -2.19. The third-order valence-corrected chi connectivity index (χ3v) is 2.30. The van der Waals surface area contributed by atoms with E-state index >= 15 is 0 Å². The Balaban J connectivity index is 3.83. The molecule has 0 spiro atoms. The minimum absolute atomic E-state index is 0.00402. The molecule has 0 N–H and O–H groups in total. The molecule has 0 aliphatic carbocycles. The van der Waals surface area contributed by atoms with Gasteiger partial charge in [0.1, 0.15) is 12.7 Å². The Morgan fingerprint density at radius 3 is 2.69 bits per heavy atom. The first kappa shape index (κ1) is 15.7. The molecule has 0 bridgehead atoms. The predicted octanol–water partition coefficient (Wildman–Crippen LogP) is 2.91. The molecule has 0 aromatic carbocycles. The molecule has 0 amide bonds. The van der Waals surface area contributed by atoms with Gasteiger partial charge < -0.3 is 9.47 Å². The van der Waals surface area contributed by atoms with E-state index in [4.69, 9.17) is 9.47 Å². The summed E-state index contributed by atoms with van der Waals surface area (Å²) in [6, 6.07) is 0. The first-order valence-electron chi connectivity index (χ1n) is 5.62. The number of hydrogen-bond acceptors (Lipinski definition) is 3. The molecule has 1 atom stereocenters. The number of esters is 1. The maximum Gasteiger partial charge on any atom is 0.332 e. The molecule has 92 valence electrons. The van der Waals surface area contributed by atoms with Crippen LogP contribution in [0.15, 0.2) is 0 Å². The van der Waals surface area contributed by atoms with Crippen molar-refractivity contribution in [2.75, 3.05) is 13.2 Å². The molecule has 0 fully saturated rings. The van der Waals surface area contributed by atoms with Gasteiger partial charge in [-0.25, -0.2) is 4.79 Å². The van der Waals surface area contributed by atoms with Crippen molar-refractivity contribution in [3.8, 4) is 9.85 Å². The molecular formula is C12H19IO3. The van der Waals surface area contributed by atoms with E-state index in [0.717, 1.165) is 12.8 Å². The lowest BCUT2D eigenvalue weighted by molar-refractivity contribution is -0.149. The van der Waals surface area contributed by atoms with Crippen LogP contribution in [-0.2, 0) is 14.3 Å². The monoisotopic (exact) mass is 338 g/mol. The summed E-state index contributed by atoms with van der Waals surface area (Å²) in [5.74, 6) is 2.62. The molecule has 16 heavy (non-hydrogen) atoms. The van der Waals surface area contributed by atoms with Crippen LogP contribution in [0, 0.1) is 9.85 Å². The number of ether oxygens (including phenoxy) is 2. The Bertz CT molecular complexity index is 242. The third-order valence-electron chi connectivity index (χ3n) is 1.99. The number of carbonyl (C=O) groups excluding carboxylic acids is 1. The number of hydrogen-bond donors (Lipinski definition) is 0. The van der Waals surface area contributed by atoms with Gasteiger partial charge in [0.05, 0.1) is 6.61 Å². The molecule has 0 rings (SSSR count). The van der Waals surface area contributed by atoms with E-state index in [2.05, 4.69) is 16.8 Å². The number of rotatable bonds is 8. The van der Waals surface area contributed by atoms with Gasteiger partial charge in [0, 0.05) is 22.6 Å². The van der Waals surface area contributed by atoms with Crippen molar-refractivity contribution in [1.29, 1.82) is 0 Å². The number of carbonyl (C=O) groups is 1. The fourth-order valence-corrected chi connectivity index (χ4v) is 1.56. The largest absolute Gasteiger partial charge is 0.464 e. The van der Waals surface area contributed by atoms with Gasteiger partial charge >= 0.3 is 5.97 Å². The molecule has 0 aromatic heterocycles. The maximum atomic E-state index is 11.1. The molecule has 0 aliphatic heterocycles. The van der Waals surface area contributed by atoms with Gasteiger partial charge in [-0.2, -0.15) is 0 Å². The van der Waals surface area contributed by atoms with Gasteiger partial charge in [-0.3, -0.25) is 0 Å². The third kappa shape index (κ3) is 8.98. The van der Waals surface area contributed by atoms with E-state index in [1.165, 1.54) is 12.8 Å². The Kier molecular flexibility index (Phi) is 11.0. The summed E-state index contributed by atoms with van der Waals surface area (Å²) in [6.45, 7) is 4.32. The first-order chi connectivity index (χ1) is 7.74. The van der Waals surface area contributed by atoms with E-state index in [0.29, 0.717) is 6.61 Å². The summed E-state index contributed by atoms with van der Waals surface area (Å²) < 4.78 is 13.0. The SMILES string of the molecule is CCCCCC(C#CI)OCC(=O)OCC. The lowest BCUT2D eigenvalue weighted by atomic mass is 10.1. The quantitative estimate of drug-likeness (QED) is 0.295. The topological polar surface area (TPSA) is 35.5 Å². The van der Waals surface area contributed by atoms with Crippen molar-refractivity contribution in [3.05, 3.63) is 0 Å². The fourth-order valence-electron chi connectivity index (χ4n) is 1.21. The zero-order valence-corrected chi connectivity index (χ0v) is 12.1. The van der Waals surface area contributed by atoms with Crippen LogP contribution >= 0.6 is 22.6 Å². The summed E-state index contributed by atoms with van der Waals surface area (Å²) in [6.07, 6.45) is 4.15. The Morgan fingerprint density at radius 2 is 2.12 bits per heavy atom. The van der Waals surface area contributed by atoms with Crippen molar-refractivity contribution in [2.45, 2.75) is 45.6 Å². The van der Waals surface area contributed by atoms with Crippen LogP contribution in [0.2, 0.25) is 0 Å². The molecule has 1 unspecified atom stereocenters. The van der Waals surface area contributed by atoms with Crippen LogP contribution in [0.5, 0.6) is 0 Å². The summed E-state index contributed by atoms with van der Waals surface area (Å²) in [7, 11) is 0. The van der Waals surface area contributed by atoms with E-state index in [1.807, 2.05) is 22.6 Å². The summed E-state index contributed by atoms with van der Waals surface area (Å²) in [5, 5.41) is 0. The van der Waals surface area contributed by atoms with Gasteiger partial charge in [-0.15, -0.1) is 0 Å². The highest BCUT2D eigenvalue weighted by molar-refractivity contribution is 14.1. The van der Waals surface area contributed by atoms with E-state index in [1.54, 1.807) is 6.92 Å². The van der Waals surface area contributed by atoms with E-state index in [9.17, 15) is 4.79 Å². The van der Waals surface area contributed by atoms with Crippen molar-refractivity contribution >= 4 is 28.6 Å². The second kappa shape index (κ2) is 11.2. The fraction of sp³-hybridized carbons (Fsp3) is 0.750. The molecular weight excluding hydrogens is 319 g/mol. The summed E-state index contributed by atoms with van der Waals surface area (Å²) >= 11 is 1.98. The van der Waals surface area contributed by atoms with Gasteiger partial charge in [-0.05, 0) is 23.7 Å². The summed E-state index contributed by atoms with van der Waals surface area (Å²) in [5.41, 5.74) is 0. The standard InChI is InChI=1S/C12H19IO3/c1-3-5-6-7-11(8-9-13)16-10-12(14)15-4-2/h11H,3-7,10H2,1-2H3. The van der Waals surface area contributed by atoms with Crippen LogP contribution in [0.4, 0.5) is 0 Å². The van der Waals surface area contributed by atoms with Gasteiger partial charge in [-0.1, -0.05) is 25.7 Å². The molecule has 4 heteroatoms. The van der Waals surface area contributed by atoms with Crippen molar-refractivity contribution in [3.63, 3.8) is 0 Å². The first-order valence-corrected chi connectivity index (χ1v) is 6.70. The molecule has 3 nitrogen and oxygen atoms in total. The molecule has 0 aliphatic rings. The van der Waals surface area contributed by atoms with Gasteiger partial charge in [0.15, 0.2) is 0 Å². The maximum absolute atomic E-state index is 11.1. The Hall–Kier alpha value is -0.280. The van der Waals surface area contributed by atoms with Crippen molar-refractivity contribution < 1.29 is 14.3 Å². The average Bonchev–Trinajstić information content (AvgIpc) is 2.26. The highest BCUT2D eigenvalue weighted by Crippen LogP contribution is 2.06. The zero-order chi connectivity index (χ0) is 12.2. The second-order valence-electron chi connectivity index (χ2n) is 3.34. The Labute approximate surface area is 111 Å². The molecule has 0 radical (unpaired) electrons. The Morgan fingerprint density at radius 1 is 1.38 bits per heavy atom. The van der Waals surface area contributed by atoms with Crippen LogP contribution in [0.3, 0.4) is 0 Å². The number of unbranched alkanes of at least 4 members (excludes halogenated alkanes) is 2. The van der Waals surface area contributed by atoms with Crippen LogP contribution < -0.4 is 0 Å². The van der Waals surface area contributed by atoms with Crippen molar-refractivity contribution in [2.24, 2.45) is 0 Å². The molecule has 0 saturated carbocycles.